The van der Waals surface area contributed by atoms with Gasteiger partial charge in [-0.1, -0.05) is 32.1 Å². The second-order valence-electron chi connectivity index (χ2n) is 6.82. The van der Waals surface area contributed by atoms with Crippen LogP contribution in [-0.4, -0.2) is 28.7 Å². The second kappa shape index (κ2) is 7.18. The summed E-state index contributed by atoms with van der Waals surface area (Å²) in [6.07, 6.45) is 0. The lowest BCUT2D eigenvalue weighted by Gasteiger charge is -2.21. The number of hydrogen-bond donors (Lipinski definition) is 3. The summed E-state index contributed by atoms with van der Waals surface area (Å²) in [5.74, 6) is -0.682. The van der Waals surface area contributed by atoms with Gasteiger partial charge in [-0.15, -0.1) is 0 Å². The lowest BCUT2D eigenvalue weighted by Crippen LogP contribution is -2.46. The van der Waals surface area contributed by atoms with E-state index in [1.54, 1.807) is 45.9 Å². The Balaban J connectivity index is 2.07. The molecule has 134 valence electrons. The van der Waals surface area contributed by atoms with Gasteiger partial charge in [0.15, 0.2) is 5.13 Å². The van der Waals surface area contributed by atoms with Gasteiger partial charge < -0.3 is 16.0 Å². The number of anilines is 2. The number of nitrogens with zero attached hydrogens (tertiary/aromatic N) is 1. The van der Waals surface area contributed by atoms with Gasteiger partial charge in [-0.05, 0) is 25.1 Å². The fraction of sp³-hybridized carbons (Fsp3) is 0.412. The summed E-state index contributed by atoms with van der Waals surface area (Å²) in [5, 5.41) is 8.54. The van der Waals surface area contributed by atoms with E-state index in [9.17, 15) is 14.4 Å². The van der Waals surface area contributed by atoms with E-state index >= 15 is 0 Å². The Morgan fingerprint density at radius 1 is 1.16 bits per heavy atom. The first kappa shape index (κ1) is 18.9. The van der Waals surface area contributed by atoms with Crippen LogP contribution >= 0.6 is 11.3 Å². The number of nitrogens with one attached hydrogen (secondary N) is 3. The maximum atomic E-state index is 12.2. The number of rotatable bonds is 4. The molecule has 2 rings (SSSR count). The summed E-state index contributed by atoms with van der Waals surface area (Å²) in [6, 6.07) is 4.65. The van der Waals surface area contributed by atoms with Crippen LogP contribution in [-0.2, 0) is 14.4 Å². The van der Waals surface area contributed by atoms with Crippen LogP contribution in [0.1, 0.15) is 34.6 Å². The van der Waals surface area contributed by atoms with E-state index in [1.807, 2.05) is 0 Å². The summed E-state index contributed by atoms with van der Waals surface area (Å²) < 4.78 is 0.841. The summed E-state index contributed by atoms with van der Waals surface area (Å²) >= 11 is 1.30. The molecule has 0 spiro atoms. The highest BCUT2D eigenvalue weighted by molar-refractivity contribution is 7.22. The molecule has 0 aliphatic rings. The fourth-order valence-electron chi connectivity index (χ4n) is 1.95. The van der Waals surface area contributed by atoms with E-state index in [0.29, 0.717) is 10.8 Å². The summed E-state index contributed by atoms with van der Waals surface area (Å²) in [4.78, 5) is 39.7. The van der Waals surface area contributed by atoms with Gasteiger partial charge >= 0.3 is 0 Å². The van der Waals surface area contributed by atoms with Gasteiger partial charge in [-0.2, -0.15) is 0 Å². The zero-order valence-corrected chi connectivity index (χ0v) is 15.7. The standard InChI is InChI=1S/C17H22N4O3S/c1-9(18-15(24)17(3,4)5)14(23)21-16-20-12-7-6-11(19-10(2)22)8-13(12)25-16/h6-9H,1-5H3,(H,18,24)(H,19,22)(H,20,21,23). The van der Waals surface area contributed by atoms with Crippen molar-refractivity contribution in [2.24, 2.45) is 5.41 Å². The quantitative estimate of drug-likeness (QED) is 0.778. The van der Waals surface area contributed by atoms with Gasteiger partial charge in [0.05, 0.1) is 10.2 Å². The number of benzene rings is 1. The van der Waals surface area contributed by atoms with E-state index in [0.717, 1.165) is 10.2 Å². The smallest absolute Gasteiger partial charge is 0.248 e. The molecule has 25 heavy (non-hydrogen) atoms. The second-order valence-corrected chi connectivity index (χ2v) is 7.85. The summed E-state index contributed by atoms with van der Waals surface area (Å²) in [6.45, 7) is 8.42. The Morgan fingerprint density at radius 2 is 1.84 bits per heavy atom. The van der Waals surface area contributed by atoms with Crippen LogP contribution in [0.3, 0.4) is 0 Å². The van der Waals surface area contributed by atoms with Crippen LogP contribution in [0.2, 0.25) is 0 Å². The first-order valence-corrected chi connectivity index (χ1v) is 8.68. The maximum absolute atomic E-state index is 12.2. The number of fused-ring (bicyclic) bond motifs is 1. The molecule has 3 amide bonds. The summed E-state index contributed by atoms with van der Waals surface area (Å²) in [7, 11) is 0. The van der Waals surface area contributed by atoms with Crippen molar-refractivity contribution in [3.63, 3.8) is 0 Å². The molecule has 2 aromatic rings. The molecule has 0 aliphatic heterocycles. The Bertz CT molecular complexity index is 823. The minimum absolute atomic E-state index is 0.152. The number of carbonyl (C=O) groups is 3. The van der Waals surface area contributed by atoms with Crippen LogP contribution in [0.5, 0.6) is 0 Å². The average Bonchev–Trinajstić information content (AvgIpc) is 2.86. The molecule has 0 fully saturated rings. The number of aromatic nitrogens is 1. The minimum Gasteiger partial charge on any atom is -0.344 e. The number of carbonyl (C=O) groups excluding carboxylic acids is 3. The molecule has 1 aromatic carbocycles. The van der Waals surface area contributed by atoms with E-state index in [2.05, 4.69) is 20.9 Å². The zero-order valence-electron chi connectivity index (χ0n) is 14.9. The molecule has 1 aromatic heterocycles. The molecule has 1 atom stereocenters. The monoisotopic (exact) mass is 362 g/mol. The van der Waals surface area contributed by atoms with E-state index in [1.165, 1.54) is 18.3 Å². The van der Waals surface area contributed by atoms with Gasteiger partial charge in [0.25, 0.3) is 0 Å². The Labute approximate surface area is 150 Å². The third kappa shape index (κ3) is 4.99. The molecule has 0 radical (unpaired) electrons. The minimum atomic E-state index is -0.673. The maximum Gasteiger partial charge on any atom is 0.248 e. The molecule has 1 unspecified atom stereocenters. The van der Waals surface area contributed by atoms with Crippen LogP contribution in [0.4, 0.5) is 10.8 Å². The number of thiazole rings is 1. The molecule has 0 saturated heterocycles. The van der Waals surface area contributed by atoms with E-state index in [-0.39, 0.29) is 17.7 Å². The van der Waals surface area contributed by atoms with Crippen molar-refractivity contribution in [2.75, 3.05) is 10.6 Å². The normalized spacial score (nSPS) is 12.5. The Hall–Kier alpha value is -2.48. The van der Waals surface area contributed by atoms with Crippen molar-refractivity contribution < 1.29 is 14.4 Å². The Kier molecular flexibility index (Phi) is 5.42. The third-order valence-electron chi connectivity index (χ3n) is 3.36. The van der Waals surface area contributed by atoms with Gasteiger partial charge in [0.1, 0.15) is 6.04 Å². The van der Waals surface area contributed by atoms with Gasteiger partial charge in [-0.25, -0.2) is 4.98 Å². The first-order chi connectivity index (χ1) is 11.6. The fourth-order valence-corrected chi connectivity index (χ4v) is 2.86. The highest BCUT2D eigenvalue weighted by Gasteiger charge is 2.25. The molecule has 1 heterocycles. The van der Waals surface area contributed by atoms with E-state index in [4.69, 9.17) is 0 Å². The molecule has 0 saturated carbocycles. The molecular weight excluding hydrogens is 340 g/mol. The predicted molar refractivity (Wildman–Crippen MR) is 99.6 cm³/mol. The Morgan fingerprint density at radius 3 is 2.44 bits per heavy atom. The average molecular weight is 362 g/mol. The van der Waals surface area contributed by atoms with Gasteiger partial charge in [0, 0.05) is 18.0 Å². The van der Waals surface area contributed by atoms with Crippen LogP contribution < -0.4 is 16.0 Å². The van der Waals surface area contributed by atoms with Crippen molar-refractivity contribution >= 4 is 50.1 Å². The lowest BCUT2D eigenvalue weighted by molar-refractivity contribution is -0.131. The lowest BCUT2D eigenvalue weighted by atomic mass is 9.95. The molecule has 7 nitrogen and oxygen atoms in total. The SMILES string of the molecule is CC(=O)Nc1ccc2nc(NC(=O)C(C)NC(=O)C(C)(C)C)sc2c1. The largest absolute Gasteiger partial charge is 0.344 e. The van der Waals surface area contributed by atoms with Gasteiger partial charge in [0.2, 0.25) is 17.7 Å². The predicted octanol–water partition coefficient (Wildman–Crippen LogP) is 2.74. The molecular formula is C17H22N4O3S. The third-order valence-corrected chi connectivity index (χ3v) is 4.29. The highest BCUT2D eigenvalue weighted by atomic mass is 32.1. The molecule has 3 N–H and O–H groups in total. The topological polar surface area (TPSA) is 100 Å². The first-order valence-electron chi connectivity index (χ1n) is 7.86. The van der Waals surface area contributed by atoms with Crippen molar-refractivity contribution in [3.05, 3.63) is 18.2 Å². The van der Waals surface area contributed by atoms with Crippen molar-refractivity contribution in [1.29, 1.82) is 0 Å². The molecule has 0 bridgehead atoms. The van der Waals surface area contributed by atoms with E-state index < -0.39 is 11.5 Å². The molecule has 0 aliphatic carbocycles. The zero-order chi connectivity index (χ0) is 18.8. The highest BCUT2D eigenvalue weighted by Crippen LogP contribution is 2.28. The van der Waals surface area contributed by atoms with Crippen LogP contribution in [0.15, 0.2) is 18.2 Å². The number of hydrogen-bond acceptors (Lipinski definition) is 5. The van der Waals surface area contributed by atoms with Crippen molar-refractivity contribution in [1.82, 2.24) is 10.3 Å². The summed E-state index contributed by atoms with van der Waals surface area (Å²) in [5.41, 5.74) is 0.831. The van der Waals surface area contributed by atoms with Gasteiger partial charge in [-0.3, -0.25) is 14.4 Å². The van der Waals surface area contributed by atoms with Crippen LogP contribution in [0, 0.1) is 5.41 Å². The van der Waals surface area contributed by atoms with Crippen molar-refractivity contribution in [3.8, 4) is 0 Å². The molecule has 8 heteroatoms. The van der Waals surface area contributed by atoms with Crippen LogP contribution in [0.25, 0.3) is 10.2 Å². The number of amides is 3. The van der Waals surface area contributed by atoms with Crippen molar-refractivity contribution in [2.45, 2.75) is 40.7 Å².